The lowest BCUT2D eigenvalue weighted by Gasteiger charge is -2.50. The van der Waals surface area contributed by atoms with E-state index in [1.165, 1.54) is 76.5 Å². The van der Waals surface area contributed by atoms with Gasteiger partial charge in [-0.05, 0) is 99.3 Å². The Bertz CT molecular complexity index is 1950. The van der Waals surface area contributed by atoms with Gasteiger partial charge in [0.05, 0.1) is 11.5 Å². The number of likely N-dealkylation sites (tertiary alicyclic amines) is 1. The Morgan fingerprint density at radius 3 is 2.42 bits per heavy atom. The lowest BCUT2D eigenvalue weighted by molar-refractivity contribution is -0.228. The van der Waals surface area contributed by atoms with Gasteiger partial charge in [0.15, 0.2) is 16.6 Å². The lowest BCUT2D eigenvalue weighted by atomic mass is 9.74. The maximum atomic E-state index is 13.4. The van der Waals surface area contributed by atoms with Crippen LogP contribution in [0, 0.1) is 17.8 Å². The maximum absolute atomic E-state index is 13.4. The number of aromatic nitrogens is 1. The molecule has 3 fully saturated rings. The maximum Gasteiger partial charge on any atom is 0.418 e. The van der Waals surface area contributed by atoms with Crippen molar-refractivity contribution in [2.45, 2.75) is 70.4 Å². The minimum atomic E-state index is -4.98. The number of nitrogens with two attached hydrogens (primary N) is 1. The van der Waals surface area contributed by atoms with Gasteiger partial charge in [0.1, 0.15) is 18.1 Å². The number of anilines is 1. The zero-order valence-electron chi connectivity index (χ0n) is 29.0. The van der Waals surface area contributed by atoms with Gasteiger partial charge < -0.3 is 25.3 Å². The van der Waals surface area contributed by atoms with Gasteiger partial charge in [-0.3, -0.25) is 14.1 Å². The van der Waals surface area contributed by atoms with Gasteiger partial charge in [-0.1, -0.05) is 35.8 Å². The van der Waals surface area contributed by atoms with E-state index < -0.39 is 64.4 Å². The summed E-state index contributed by atoms with van der Waals surface area (Å²) in [7, 11) is -4.98. The molecule has 0 radical (unpaired) electrons. The standard InChI is InChI=1S/C35H43N5O10S2/c1-35(2)27(32(42)40(35)50-52(45,46)47)17-29(41)31(28-20-51-34(36)37-28)38-49-30(33(43)44)19-48-26-9-8-24-15-23(6-7-25(24)16-26)14-21-10-12-39(13-11-21)18-22-4-3-5-22/h6-9,15-16,20-22,27,30H,3-5,10-14,17-19H2,1-2H3,(H2,36,37)(H,43,44)(H,45,46,47)/b38-31-/t27?,30-/m0/s1. The monoisotopic (exact) mass is 757 g/mol. The first kappa shape index (κ1) is 37.6. The number of carboxylic acids is 1. The lowest BCUT2D eigenvalue weighted by Crippen LogP contribution is -2.68. The van der Waals surface area contributed by atoms with Crippen molar-refractivity contribution in [3.05, 3.63) is 53.0 Å². The number of oxime groups is 1. The average molecular weight is 758 g/mol. The number of carbonyl (C=O) groups is 3. The molecule has 1 saturated carbocycles. The van der Waals surface area contributed by atoms with Crippen molar-refractivity contribution >= 4 is 61.0 Å². The van der Waals surface area contributed by atoms with Gasteiger partial charge in [-0.15, -0.1) is 15.6 Å². The second-order valence-electron chi connectivity index (χ2n) is 14.3. The Morgan fingerprint density at radius 1 is 1.10 bits per heavy atom. The van der Waals surface area contributed by atoms with Crippen molar-refractivity contribution in [3.8, 4) is 5.75 Å². The predicted octanol–water partition coefficient (Wildman–Crippen LogP) is 4.12. The number of piperidine rings is 1. The predicted molar refractivity (Wildman–Crippen MR) is 192 cm³/mol. The second-order valence-corrected chi connectivity index (χ2v) is 16.2. The summed E-state index contributed by atoms with van der Waals surface area (Å²) in [4.78, 5) is 50.2. The third-order valence-corrected chi connectivity index (χ3v) is 11.3. The molecule has 4 N–H and O–H groups in total. The van der Waals surface area contributed by atoms with Gasteiger partial charge in [0.2, 0.25) is 0 Å². The number of Topliss-reactive ketones (excluding diaryl/α,β-unsaturated/α-hetero) is 1. The summed E-state index contributed by atoms with van der Waals surface area (Å²) in [6.07, 6.45) is 5.51. The fourth-order valence-corrected chi connectivity index (χ4v) is 7.96. The second kappa shape index (κ2) is 15.4. The Balaban J connectivity index is 1.07. The van der Waals surface area contributed by atoms with E-state index in [1.54, 1.807) is 6.07 Å². The molecule has 3 aromatic rings. The number of amides is 1. The van der Waals surface area contributed by atoms with Crippen LogP contribution in [0.4, 0.5) is 5.13 Å². The van der Waals surface area contributed by atoms with Crippen molar-refractivity contribution < 1.29 is 46.3 Å². The van der Waals surface area contributed by atoms with Crippen LogP contribution in [0.15, 0.2) is 46.9 Å². The molecule has 3 aliphatic rings. The number of carboxylic acid groups (broad SMARTS) is 1. The van der Waals surface area contributed by atoms with Crippen LogP contribution in [0.1, 0.15) is 63.6 Å². The van der Waals surface area contributed by atoms with Crippen molar-refractivity contribution in [3.63, 3.8) is 0 Å². The molecule has 1 aliphatic carbocycles. The number of hydrogen-bond donors (Lipinski definition) is 3. The van der Waals surface area contributed by atoms with E-state index in [-0.39, 0.29) is 10.8 Å². The normalized spacial score (nSPS) is 20.7. The number of β-lactam (4-membered cyclic amide) rings is 1. The molecule has 1 amide bonds. The average Bonchev–Trinajstić information content (AvgIpc) is 3.51. The molecule has 2 atom stereocenters. The number of hydrogen-bond acceptors (Lipinski definition) is 13. The fourth-order valence-electron chi connectivity index (χ4n) is 6.96. The van der Waals surface area contributed by atoms with Gasteiger partial charge in [0, 0.05) is 18.3 Å². The summed E-state index contributed by atoms with van der Waals surface area (Å²) in [6.45, 7) is 6.04. The highest BCUT2D eigenvalue weighted by molar-refractivity contribution is 7.80. The van der Waals surface area contributed by atoms with E-state index in [1.807, 2.05) is 18.2 Å². The highest BCUT2D eigenvalue weighted by Gasteiger charge is 2.57. The van der Waals surface area contributed by atoms with E-state index in [9.17, 15) is 27.9 Å². The quantitative estimate of drug-likeness (QED) is 0.0814. The van der Waals surface area contributed by atoms with Crippen molar-refractivity contribution in [1.29, 1.82) is 0 Å². The van der Waals surface area contributed by atoms with Crippen molar-refractivity contribution in [1.82, 2.24) is 14.9 Å². The molecular weight excluding hydrogens is 715 g/mol. The molecule has 3 heterocycles. The minimum absolute atomic E-state index is 0.00326. The van der Waals surface area contributed by atoms with E-state index in [4.69, 9.17) is 19.9 Å². The SMILES string of the molecule is CC1(C)C(CC(=O)/C(=N\O[C@@H](COc2ccc3cc(CC4CCN(CC5CCC5)CC4)ccc3c2)C(=O)O)c2csc(N)n2)C(=O)N1OS(=O)(=O)O. The Morgan fingerprint density at radius 2 is 1.81 bits per heavy atom. The van der Waals surface area contributed by atoms with E-state index in [2.05, 4.69) is 31.5 Å². The van der Waals surface area contributed by atoms with Crippen LogP contribution < -0.4 is 10.5 Å². The first-order chi connectivity index (χ1) is 24.7. The molecule has 2 aromatic carbocycles. The first-order valence-corrected chi connectivity index (χ1v) is 19.5. The zero-order valence-corrected chi connectivity index (χ0v) is 30.6. The molecule has 0 spiro atoms. The fraction of sp³-hybridized carbons (Fsp3) is 0.514. The Hall–Kier alpha value is -4.16. The van der Waals surface area contributed by atoms with E-state index >= 15 is 0 Å². The summed E-state index contributed by atoms with van der Waals surface area (Å²) in [5.74, 6) is -2.10. The zero-order chi connectivity index (χ0) is 37.2. The third-order valence-electron chi connectivity index (χ3n) is 10.3. The first-order valence-electron chi connectivity index (χ1n) is 17.3. The number of aliphatic carboxylic acids is 1. The molecule has 280 valence electrons. The number of ether oxygens (including phenoxy) is 1. The van der Waals surface area contributed by atoms with Crippen LogP contribution in [0.3, 0.4) is 0 Å². The molecule has 1 unspecified atom stereocenters. The minimum Gasteiger partial charge on any atom is -0.489 e. The Kier molecular flexibility index (Phi) is 11.2. The van der Waals surface area contributed by atoms with Crippen LogP contribution in [0.2, 0.25) is 0 Å². The molecule has 2 saturated heterocycles. The molecule has 52 heavy (non-hydrogen) atoms. The number of hydroxylamine groups is 2. The topological polar surface area (TPSA) is 211 Å². The van der Waals surface area contributed by atoms with Crippen LogP contribution in [0.5, 0.6) is 5.75 Å². The number of carbonyl (C=O) groups excluding carboxylic acids is 2. The van der Waals surface area contributed by atoms with Crippen LogP contribution in [0.25, 0.3) is 10.8 Å². The number of rotatable bonds is 16. The highest BCUT2D eigenvalue weighted by Crippen LogP contribution is 2.41. The molecule has 1 aromatic heterocycles. The number of nitrogen functional groups attached to an aromatic ring is 1. The Labute approximate surface area is 305 Å². The summed E-state index contributed by atoms with van der Waals surface area (Å²) >= 11 is 1.00. The van der Waals surface area contributed by atoms with Crippen molar-refractivity contribution in [2.75, 3.05) is 32.0 Å². The summed E-state index contributed by atoms with van der Waals surface area (Å²) in [5, 5.41) is 17.7. The molecule has 0 bridgehead atoms. The van der Waals surface area contributed by atoms with Crippen molar-refractivity contribution in [2.24, 2.45) is 22.9 Å². The van der Waals surface area contributed by atoms with Crippen LogP contribution in [-0.4, -0.2) is 94.3 Å². The molecular formula is C35H43N5O10S2. The van der Waals surface area contributed by atoms with Gasteiger partial charge in [-0.25, -0.2) is 9.78 Å². The summed E-state index contributed by atoms with van der Waals surface area (Å²) in [6, 6.07) is 11.9. The van der Waals surface area contributed by atoms with E-state index in [0.29, 0.717) is 16.7 Å². The van der Waals surface area contributed by atoms with Gasteiger partial charge in [0.25, 0.3) is 12.0 Å². The summed E-state index contributed by atoms with van der Waals surface area (Å²) < 4.78 is 41.5. The highest BCUT2D eigenvalue weighted by atomic mass is 32.3. The molecule has 17 heteroatoms. The number of thiazole rings is 1. The number of ketones is 1. The number of fused-ring (bicyclic) bond motifs is 1. The van der Waals surface area contributed by atoms with E-state index in [0.717, 1.165) is 34.4 Å². The van der Waals surface area contributed by atoms with Crippen LogP contribution >= 0.6 is 11.3 Å². The largest absolute Gasteiger partial charge is 0.489 e. The van der Waals surface area contributed by atoms with Gasteiger partial charge >= 0.3 is 16.4 Å². The molecule has 2 aliphatic heterocycles. The molecule has 6 rings (SSSR count). The third kappa shape index (κ3) is 8.89. The summed E-state index contributed by atoms with van der Waals surface area (Å²) in [5.41, 5.74) is 5.34. The number of benzene rings is 2. The molecule has 15 nitrogen and oxygen atoms in total. The smallest absolute Gasteiger partial charge is 0.418 e. The number of nitrogens with zero attached hydrogens (tertiary/aromatic N) is 4. The van der Waals surface area contributed by atoms with Crippen LogP contribution in [-0.2, 0) is 40.3 Å². The van der Waals surface area contributed by atoms with Gasteiger partial charge in [-0.2, -0.15) is 13.5 Å².